The van der Waals surface area contributed by atoms with Crippen molar-refractivity contribution in [2.45, 2.75) is 6.54 Å². The van der Waals surface area contributed by atoms with E-state index < -0.39 is 0 Å². The molecule has 0 fully saturated rings. The number of halogens is 1. The zero-order valence-corrected chi connectivity index (χ0v) is 9.41. The van der Waals surface area contributed by atoms with Crippen molar-refractivity contribution in [1.29, 1.82) is 0 Å². The van der Waals surface area contributed by atoms with Gasteiger partial charge in [0.1, 0.15) is 0 Å². The minimum absolute atomic E-state index is 0.451. The van der Waals surface area contributed by atoms with Gasteiger partial charge in [-0.05, 0) is 24.3 Å². The highest BCUT2D eigenvalue weighted by Gasteiger charge is 1.99. The molecule has 1 heterocycles. The Bertz CT molecular complexity index is 468. The number of nitrogens with one attached hydrogen (secondary N) is 1. The van der Waals surface area contributed by atoms with Gasteiger partial charge in [-0.25, -0.2) is 0 Å². The van der Waals surface area contributed by atoms with Crippen molar-refractivity contribution in [2.75, 3.05) is 5.32 Å². The van der Waals surface area contributed by atoms with Crippen molar-refractivity contribution >= 4 is 23.0 Å². The van der Waals surface area contributed by atoms with Gasteiger partial charge in [0.15, 0.2) is 0 Å². The minimum atomic E-state index is 0.451. The molecule has 0 atom stereocenters. The molecule has 1 aromatic carbocycles. The predicted molar refractivity (Wildman–Crippen MR) is 66.9 cm³/mol. The van der Waals surface area contributed by atoms with E-state index in [2.05, 4.69) is 10.3 Å². The summed E-state index contributed by atoms with van der Waals surface area (Å²) in [5.74, 6) is 0. The van der Waals surface area contributed by atoms with Crippen molar-refractivity contribution in [3.8, 4) is 0 Å². The lowest BCUT2D eigenvalue weighted by Crippen LogP contribution is -1.99. The highest BCUT2D eigenvalue weighted by molar-refractivity contribution is 6.33. The molecule has 0 aliphatic carbocycles. The molecule has 1 aromatic heterocycles. The molecular weight excluding hydrogens is 222 g/mol. The summed E-state index contributed by atoms with van der Waals surface area (Å²) in [5.41, 5.74) is 8.10. The molecule has 16 heavy (non-hydrogen) atoms. The van der Waals surface area contributed by atoms with E-state index in [1.165, 1.54) is 0 Å². The van der Waals surface area contributed by atoms with Crippen LogP contribution in [0.15, 0.2) is 42.6 Å². The summed E-state index contributed by atoms with van der Waals surface area (Å²) < 4.78 is 0. The molecule has 0 saturated heterocycles. The number of nitrogens with zero attached hydrogens (tertiary/aromatic N) is 1. The molecular formula is C12H12ClN3. The number of benzene rings is 1. The van der Waals surface area contributed by atoms with Gasteiger partial charge in [-0.1, -0.05) is 23.7 Å². The Hall–Kier alpha value is -1.58. The summed E-state index contributed by atoms with van der Waals surface area (Å²) in [6, 6.07) is 11.4. The van der Waals surface area contributed by atoms with Crippen molar-refractivity contribution in [3.05, 3.63) is 53.3 Å². The quantitative estimate of drug-likeness (QED) is 0.857. The monoisotopic (exact) mass is 233 g/mol. The maximum Gasteiger partial charge on any atom is 0.0640 e. The van der Waals surface area contributed by atoms with Crippen LogP contribution in [0.25, 0.3) is 0 Å². The lowest BCUT2D eigenvalue weighted by Gasteiger charge is -2.07. The summed E-state index contributed by atoms with van der Waals surface area (Å²) in [6.07, 6.45) is 1.74. The Morgan fingerprint density at radius 2 is 2.00 bits per heavy atom. The Balaban J connectivity index is 2.18. The zero-order valence-electron chi connectivity index (χ0n) is 8.65. The average Bonchev–Trinajstić information content (AvgIpc) is 2.33. The van der Waals surface area contributed by atoms with Crippen LogP contribution in [-0.4, -0.2) is 4.98 Å². The number of anilines is 2. The Labute approximate surface area is 99.3 Å². The molecule has 0 spiro atoms. The maximum atomic E-state index is 6.03. The van der Waals surface area contributed by atoms with Gasteiger partial charge in [-0.2, -0.15) is 0 Å². The van der Waals surface area contributed by atoms with Crippen molar-refractivity contribution in [1.82, 2.24) is 4.98 Å². The first-order valence-corrected chi connectivity index (χ1v) is 5.34. The molecule has 0 saturated carbocycles. The minimum Gasteiger partial charge on any atom is -0.353 e. The van der Waals surface area contributed by atoms with Gasteiger partial charge in [0.25, 0.3) is 0 Å². The normalized spacial score (nSPS) is 10.1. The molecule has 3 N–H and O–H groups in total. The third-order valence-corrected chi connectivity index (χ3v) is 2.52. The van der Waals surface area contributed by atoms with Crippen LogP contribution >= 0.6 is 11.6 Å². The van der Waals surface area contributed by atoms with E-state index in [-0.39, 0.29) is 0 Å². The summed E-state index contributed by atoms with van der Waals surface area (Å²) in [6.45, 7) is 0.451. The molecule has 0 bridgehead atoms. The van der Waals surface area contributed by atoms with Gasteiger partial charge < -0.3 is 11.1 Å². The van der Waals surface area contributed by atoms with Crippen LogP contribution in [0.3, 0.4) is 0 Å². The van der Waals surface area contributed by atoms with Crippen molar-refractivity contribution < 1.29 is 0 Å². The zero-order chi connectivity index (χ0) is 11.4. The molecule has 4 heteroatoms. The number of rotatable bonds is 3. The summed E-state index contributed by atoms with van der Waals surface area (Å²) in [4.78, 5) is 4.19. The molecule has 0 aliphatic heterocycles. The van der Waals surface area contributed by atoms with E-state index in [9.17, 15) is 0 Å². The summed E-state index contributed by atoms with van der Waals surface area (Å²) >= 11 is 6.03. The van der Waals surface area contributed by atoms with Crippen LogP contribution < -0.4 is 11.1 Å². The topological polar surface area (TPSA) is 50.9 Å². The molecule has 0 amide bonds. The van der Waals surface area contributed by atoms with Gasteiger partial charge in [0.2, 0.25) is 0 Å². The lowest BCUT2D eigenvalue weighted by atomic mass is 10.3. The van der Waals surface area contributed by atoms with Crippen molar-refractivity contribution in [3.63, 3.8) is 0 Å². The fourth-order valence-corrected chi connectivity index (χ4v) is 1.52. The van der Waals surface area contributed by atoms with E-state index in [0.717, 1.165) is 17.1 Å². The standard InChI is InChI=1S/C12H12ClN3/c13-11-3-1-2-4-12(11)16-10-6-5-9(7-14)15-8-10/h1-6,8,16H,7,14H2. The van der Waals surface area contributed by atoms with Crippen LogP contribution in [0, 0.1) is 0 Å². The Morgan fingerprint density at radius 1 is 1.19 bits per heavy atom. The molecule has 0 aliphatic rings. The second kappa shape index (κ2) is 4.96. The number of aromatic nitrogens is 1. The van der Waals surface area contributed by atoms with E-state index in [0.29, 0.717) is 11.6 Å². The summed E-state index contributed by atoms with van der Waals surface area (Å²) in [7, 11) is 0. The highest BCUT2D eigenvalue weighted by atomic mass is 35.5. The molecule has 2 rings (SSSR count). The van der Waals surface area contributed by atoms with Gasteiger partial charge in [-0.3, -0.25) is 4.98 Å². The largest absolute Gasteiger partial charge is 0.353 e. The smallest absolute Gasteiger partial charge is 0.0640 e. The van der Waals surface area contributed by atoms with Gasteiger partial charge in [-0.15, -0.1) is 0 Å². The van der Waals surface area contributed by atoms with E-state index in [4.69, 9.17) is 17.3 Å². The molecule has 0 unspecified atom stereocenters. The molecule has 3 nitrogen and oxygen atoms in total. The van der Waals surface area contributed by atoms with Crippen molar-refractivity contribution in [2.24, 2.45) is 5.73 Å². The number of nitrogens with two attached hydrogens (primary N) is 1. The Morgan fingerprint density at radius 3 is 2.62 bits per heavy atom. The third-order valence-electron chi connectivity index (χ3n) is 2.19. The first-order valence-electron chi connectivity index (χ1n) is 4.96. The van der Waals surface area contributed by atoms with Gasteiger partial charge >= 0.3 is 0 Å². The second-order valence-corrected chi connectivity index (χ2v) is 3.75. The Kier molecular flexibility index (Phi) is 3.39. The van der Waals surface area contributed by atoms with E-state index in [1.807, 2.05) is 36.4 Å². The SMILES string of the molecule is NCc1ccc(Nc2ccccc2Cl)cn1. The fourth-order valence-electron chi connectivity index (χ4n) is 1.34. The lowest BCUT2D eigenvalue weighted by molar-refractivity contribution is 0.991. The molecule has 82 valence electrons. The van der Waals surface area contributed by atoms with Crippen LogP contribution in [0.4, 0.5) is 11.4 Å². The molecule has 0 radical (unpaired) electrons. The number of hydrogen-bond donors (Lipinski definition) is 2. The maximum absolute atomic E-state index is 6.03. The van der Waals surface area contributed by atoms with Crippen LogP contribution in [-0.2, 0) is 6.54 Å². The number of para-hydroxylation sites is 1. The molecule has 2 aromatic rings. The van der Waals surface area contributed by atoms with Gasteiger partial charge in [0, 0.05) is 6.54 Å². The average molecular weight is 234 g/mol. The van der Waals surface area contributed by atoms with E-state index >= 15 is 0 Å². The van der Waals surface area contributed by atoms with Crippen LogP contribution in [0.5, 0.6) is 0 Å². The second-order valence-electron chi connectivity index (χ2n) is 3.35. The number of hydrogen-bond acceptors (Lipinski definition) is 3. The van der Waals surface area contributed by atoms with E-state index in [1.54, 1.807) is 6.20 Å². The van der Waals surface area contributed by atoms with Crippen LogP contribution in [0.2, 0.25) is 5.02 Å². The number of pyridine rings is 1. The highest BCUT2D eigenvalue weighted by Crippen LogP contribution is 2.24. The first kappa shape index (κ1) is 10.9. The van der Waals surface area contributed by atoms with Gasteiger partial charge in [0.05, 0.1) is 28.3 Å². The van der Waals surface area contributed by atoms with Crippen LogP contribution in [0.1, 0.15) is 5.69 Å². The predicted octanol–water partition coefficient (Wildman–Crippen LogP) is 2.94. The first-order chi connectivity index (χ1) is 7.79. The fraction of sp³-hybridized carbons (Fsp3) is 0.0833. The third kappa shape index (κ3) is 2.51. The summed E-state index contributed by atoms with van der Waals surface area (Å²) in [5, 5.41) is 3.87.